The normalized spacial score (nSPS) is 10.9. The average Bonchev–Trinajstić information content (AvgIpc) is 3.10. The summed E-state index contributed by atoms with van der Waals surface area (Å²) in [4.78, 5) is 28.3. The van der Waals surface area contributed by atoms with Gasteiger partial charge in [-0.3, -0.25) is 9.78 Å². The van der Waals surface area contributed by atoms with E-state index < -0.39 is 0 Å². The molecule has 134 valence electrons. The highest BCUT2D eigenvalue weighted by atomic mass is 16.1. The first-order valence-corrected chi connectivity index (χ1v) is 8.70. The number of aryl methyl sites for hydroxylation is 2. The van der Waals surface area contributed by atoms with Crippen LogP contribution >= 0.6 is 0 Å². The third-order valence-electron chi connectivity index (χ3n) is 4.42. The van der Waals surface area contributed by atoms with E-state index in [-0.39, 0.29) is 12.3 Å². The van der Waals surface area contributed by atoms with Crippen molar-refractivity contribution in [1.82, 2.24) is 19.9 Å². The van der Waals surface area contributed by atoms with Crippen LogP contribution in [0.15, 0.2) is 55.0 Å². The second-order valence-corrected chi connectivity index (χ2v) is 6.53. The number of amides is 1. The number of H-pyrrole nitrogens is 1. The Morgan fingerprint density at radius 3 is 2.56 bits per heavy atom. The zero-order chi connectivity index (χ0) is 18.8. The fourth-order valence-corrected chi connectivity index (χ4v) is 2.93. The Hall–Kier alpha value is -3.54. The van der Waals surface area contributed by atoms with Crippen LogP contribution in [0.25, 0.3) is 22.3 Å². The highest BCUT2D eigenvalue weighted by Gasteiger charge is 2.08. The molecule has 0 aliphatic carbocycles. The van der Waals surface area contributed by atoms with Crippen LogP contribution in [0.2, 0.25) is 0 Å². The lowest BCUT2D eigenvalue weighted by Crippen LogP contribution is -2.15. The van der Waals surface area contributed by atoms with Gasteiger partial charge in [0.05, 0.1) is 12.1 Å². The van der Waals surface area contributed by atoms with E-state index in [1.165, 1.54) is 0 Å². The molecule has 0 saturated heterocycles. The fourth-order valence-electron chi connectivity index (χ4n) is 2.93. The van der Waals surface area contributed by atoms with Crippen LogP contribution in [-0.4, -0.2) is 25.8 Å². The molecular weight excluding hydrogens is 338 g/mol. The van der Waals surface area contributed by atoms with E-state index in [0.717, 1.165) is 44.9 Å². The van der Waals surface area contributed by atoms with E-state index in [4.69, 9.17) is 0 Å². The summed E-state index contributed by atoms with van der Waals surface area (Å²) in [5.74, 6) is -0.0874. The zero-order valence-electron chi connectivity index (χ0n) is 15.2. The first-order valence-electron chi connectivity index (χ1n) is 8.70. The van der Waals surface area contributed by atoms with E-state index in [1.54, 1.807) is 12.5 Å². The monoisotopic (exact) mass is 357 g/mol. The number of fused-ring (bicyclic) bond motifs is 1. The van der Waals surface area contributed by atoms with Gasteiger partial charge in [-0.2, -0.15) is 0 Å². The van der Waals surface area contributed by atoms with Crippen molar-refractivity contribution in [2.45, 2.75) is 20.3 Å². The lowest BCUT2D eigenvalue weighted by Gasteiger charge is -2.06. The Bertz CT molecular complexity index is 1100. The zero-order valence-corrected chi connectivity index (χ0v) is 15.2. The van der Waals surface area contributed by atoms with Crippen LogP contribution in [0.3, 0.4) is 0 Å². The number of carbonyl (C=O) groups is 1. The molecule has 6 heteroatoms. The summed E-state index contributed by atoms with van der Waals surface area (Å²) in [5.41, 5.74) is 6.33. The predicted octanol–water partition coefficient (Wildman–Crippen LogP) is 3.82. The standard InChI is InChI=1S/C21H19N5O/c1-13-3-6-17(22-11-13)9-20(27)25-16-7-4-15(5-8-16)19-10-18-14(2)23-12-24-21(18)26-19/h3-8,10-12H,9H2,1-2H3,(H,25,27)(H,23,24,26). The fraction of sp³-hybridized carbons (Fsp3) is 0.143. The van der Waals surface area contributed by atoms with Crippen LogP contribution in [0.4, 0.5) is 5.69 Å². The number of carbonyl (C=O) groups excluding carboxylic acids is 1. The van der Waals surface area contributed by atoms with Gasteiger partial charge >= 0.3 is 0 Å². The van der Waals surface area contributed by atoms with Crippen molar-refractivity contribution in [3.05, 3.63) is 71.9 Å². The Balaban J connectivity index is 1.47. The van der Waals surface area contributed by atoms with Crippen molar-refractivity contribution in [2.24, 2.45) is 0 Å². The number of hydrogen-bond donors (Lipinski definition) is 2. The van der Waals surface area contributed by atoms with Gasteiger partial charge in [0.1, 0.15) is 12.0 Å². The minimum absolute atomic E-state index is 0.0874. The molecule has 0 aliphatic rings. The molecule has 3 aromatic heterocycles. The van der Waals surface area contributed by atoms with Crippen molar-refractivity contribution in [3.8, 4) is 11.3 Å². The van der Waals surface area contributed by atoms with Gasteiger partial charge in [-0.05, 0) is 49.2 Å². The summed E-state index contributed by atoms with van der Waals surface area (Å²) < 4.78 is 0. The van der Waals surface area contributed by atoms with E-state index in [1.807, 2.05) is 56.3 Å². The quantitative estimate of drug-likeness (QED) is 0.582. The average molecular weight is 357 g/mol. The molecule has 0 fully saturated rings. The third kappa shape index (κ3) is 3.69. The van der Waals surface area contributed by atoms with Gasteiger partial charge in [-0.25, -0.2) is 9.97 Å². The minimum Gasteiger partial charge on any atom is -0.339 e. The van der Waals surface area contributed by atoms with E-state index in [0.29, 0.717) is 0 Å². The maximum absolute atomic E-state index is 12.2. The lowest BCUT2D eigenvalue weighted by atomic mass is 10.1. The number of nitrogens with one attached hydrogen (secondary N) is 2. The maximum atomic E-state index is 12.2. The number of aromatic nitrogens is 4. The molecule has 1 aromatic carbocycles. The Kier molecular flexibility index (Phi) is 4.38. The summed E-state index contributed by atoms with van der Waals surface area (Å²) in [7, 11) is 0. The minimum atomic E-state index is -0.0874. The van der Waals surface area contributed by atoms with Crippen LogP contribution in [0.5, 0.6) is 0 Å². The number of hydrogen-bond acceptors (Lipinski definition) is 4. The molecule has 0 aliphatic heterocycles. The van der Waals surface area contributed by atoms with Crippen molar-refractivity contribution in [3.63, 3.8) is 0 Å². The number of pyridine rings is 1. The lowest BCUT2D eigenvalue weighted by molar-refractivity contribution is -0.115. The third-order valence-corrected chi connectivity index (χ3v) is 4.42. The van der Waals surface area contributed by atoms with Gasteiger partial charge in [-0.15, -0.1) is 0 Å². The van der Waals surface area contributed by atoms with Crippen LogP contribution in [-0.2, 0) is 11.2 Å². The molecular formula is C21H19N5O. The molecule has 0 atom stereocenters. The summed E-state index contributed by atoms with van der Waals surface area (Å²) in [6.07, 6.45) is 3.57. The van der Waals surface area contributed by atoms with Crippen molar-refractivity contribution >= 4 is 22.6 Å². The van der Waals surface area contributed by atoms with Crippen molar-refractivity contribution in [1.29, 1.82) is 0 Å². The van der Waals surface area contributed by atoms with Gasteiger partial charge in [-0.1, -0.05) is 18.2 Å². The van der Waals surface area contributed by atoms with Gasteiger partial charge in [0.2, 0.25) is 5.91 Å². The maximum Gasteiger partial charge on any atom is 0.230 e. The first-order chi connectivity index (χ1) is 13.1. The van der Waals surface area contributed by atoms with Crippen LogP contribution < -0.4 is 5.32 Å². The van der Waals surface area contributed by atoms with E-state index in [9.17, 15) is 4.79 Å². The summed E-state index contributed by atoms with van der Waals surface area (Å²) in [6.45, 7) is 3.93. The van der Waals surface area contributed by atoms with Gasteiger partial charge in [0.25, 0.3) is 0 Å². The van der Waals surface area contributed by atoms with E-state index in [2.05, 4.69) is 25.3 Å². The summed E-state index contributed by atoms with van der Waals surface area (Å²) in [5, 5.41) is 3.92. The second-order valence-electron chi connectivity index (χ2n) is 6.53. The van der Waals surface area contributed by atoms with Crippen LogP contribution in [0, 0.1) is 13.8 Å². The molecule has 0 saturated carbocycles. The number of benzene rings is 1. The smallest absolute Gasteiger partial charge is 0.230 e. The van der Waals surface area contributed by atoms with Crippen molar-refractivity contribution in [2.75, 3.05) is 5.32 Å². The molecule has 0 radical (unpaired) electrons. The van der Waals surface area contributed by atoms with Gasteiger partial charge in [0.15, 0.2) is 0 Å². The Morgan fingerprint density at radius 2 is 1.85 bits per heavy atom. The Morgan fingerprint density at radius 1 is 1.04 bits per heavy atom. The molecule has 0 unspecified atom stereocenters. The molecule has 0 spiro atoms. The van der Waals surface area contributed by atoms with Gasteiger partial charge in [0, 0.05) is 28.7 Å². The molecule has 4 rings (SSSR count). The molecule has 1 amide bonds. The molecule has 6 nitrogen and oxygen atoms in total. The Labute approximate surface area is 156 Å². The molecule has 0 bridgehead atoms. The topological polar surface area (TPSA) is 83.6 Å². The second kappa shape index (κ2) is 6.99. The molecule has 2 N–H and O–H groups in total. The largest absolute Gasteiger partial charge is 0.339 e. The summed E-state index contributed by atoms with van der Waals surface area (Å²) in [6, 6.07) is 13.6. The highest BCUT2D eigenvalue weighted by molar-refractivity contribution is 5.92. The van der Waals surface area contributed by atoms with Crippen molar-refractivity contribution < 1.29 is 4.79 Å². The van der Waals surface area contributed by atoms with Crippen LogP contribution in [0.1, 0.15) is 17.0 Å². The number of rotatable bonds is 4. The summed E-state index contributed by atoms with van der Waals surface area (Å²) >= 11 is 0. The highest BCUT2D eigenvalue weighted by Crippen LogP contribution is 2.25. The first kappa shape index (κ1) is 16.9. The molecule has 3 heterocycles. The number of aromatic amines is 1. The van der Waals surface area contributed by atoms with Gasteiger partial charge < -0.3 is 10.3 Å². The SMILES string of the molecule is Cc1ccc(CC(=O)Nc2ccc(-c3cc4c(C)ncnc4[nH]3)cc2)nc1. The predicted molar refractivity (Wildman–Crippen MR) is 105 cm³/mol. The molecule has 4 aromatic rings. The number of anilines is 1. The molecule has 27 heavy (non-hydrogen) atoms. The number of nitrogens with zero attached hydrogens (tertiary/aromatic N) is 3. The van der Waals surface area contributed by atoms with E-state index >= 15 is 0 Å².